The molecule has 112 valence electrons. The van der Waals surface area contributed by atoms with Gasteiger partial charge in [0, 0.05) is 17.6 Å². The Morgan fingerprint density at radius 3 is 2.70 bits per heavy atom. The van der Waals surface area contributed by atoms with Gasteiger partial charge in [0.05, 0.1) is 20.3 Å². The number of ether oxygens (including phenoxy) is 2. The van der Waals surface area contributed by atoms with Gasteiger partial charge in [-0.15, -0.1) is 0 Å². The van der Waals surface area contributed by atoms with Crippen LogP contribution in [0.1, 0.15) is 44.2 Å². The van der Waals surface area contributed by atoms with Crippen molar-refractivity contribution < 1.29 is 14.6 Å². The molecule has 0 aromatic heterocycles. The average Bonchev–Trinajstić information content (AvgIpc) is 2.46. The van der Waals surface area contributed by atoms with Crippen molar-refractivity contribution >= 4 is 0 Å². The third kappa shape index (κ3) is 3.64. The van der Waals surface area contributed by atoms with Gasteiger partial charge in [-0.1, -0.05) is 0 Å². The van der Waals surface area contributed by atoms with Crippen LogP contribution in [0.4, 0.5) is 0 Å². The molecule has 1 aliphatic rings. The number of hydrogen-bond donors (Lipinski definition) is 2. The molecule has 20 heavy (non-hydrogen) atoms. The molecular weight excluding hydrogens is 254 g/mol. The van der Waals surface area contributed by atoms with Crippen molar-refractivity contribution in [3.8, 4) is 11.5 Å². The molecule has 0 radical (unpaired) electrons. The third-order valence-electron chi connectivity index (χ3n) is 4.04. The predicted molar refractivity (Wildman–Crippen MR) is 79.4 cm³/mol. The lowest BCUT2D eigenvalue weighted by Gasteiger charge is -2.30. The average molecular weight is 279 g/mol. The van der Waals surface area contributed by atoms with Crippen LogP contribution < -0.4 is 14.8 Å². The zero-order chi connectivity index (χ0) is 14.5. The summed E-state index contributed by atoms with van der Waals surface area (Å²) in [7, 11) is 3.35. The zero-order valence-electron chi connectivity index (χ0n) is 12.6. The normalized spacial score (nSPS) is 24.2. The maximum absolute atomic E-state index is 9.76. The molecule has 0 heterocycles. The van der Waals surface area contributed by atoms with Crippen LogP contribution in [-0.2, 0) is 0 Å². The lowest BCUT2D eigenvalue weighted by molar-refractivity contribution is 0.109. The van der Waals surface area contributed by atoms with Crippen LogP contribution in [0, 0.1) is 0 Å². The van der Waals surface area contributed by atoms with Crippen molar-refractivity contribution in [1.82, 2.24) is 5.32 Å². The van der Waals surface area contributed by atoms with Gasteiger partial charge >= 0.3 is 0 Å². The highest BCUT2D eigenvalue weighted by Gasteiger charge is 2.23. The Balaban J connectivity index is 2.09. The molecule has 0 spiro atoms. The van der Waals surface area contributed by atoms with E-state index in [0.29, 0.717) is 6.04 Å². The van der Waals surface area contributed by atoms with E-state index < -0.39 is 0 Å². The molecule has 4 heteroatoms. The highest BCUT2D eigenvalue weighted by molar-refractivity contribution is 5.42. The fraction of sp³-hybridized carbons (Fsp3) is 0.625. The van der Waals surface area contributed by atoms with Crippen molar-refractivity contribution in [3.05, 3.63) is 23.8 Å². The number of nitrogens with one attached hydrogen (secondary N) is 1. The third-order valence-corrected chi connectivity index (χ3v) is 4.04. The number of methoxy groups -OCH3 is 2. The Bertz CT molecular complexity index is 436. The highest BCUT2D eigenvalue weighted by atomic mass is 16.5. The second-order valence-corrected chi connectivity index (χ2v) is 5.51. The van der Waals surface area contributed by atoms with Gasteiger partial charge in [-0.25, -0.2) is 0 Å². The molecule has 4 nitrogen and oxygen atoms in total. The Kier molecular flexibility index (Phi) is 5.26. The van der Waals surface area contributed by atoms with Gasteiger partial charge in [-0.05, 0) is 50.8 Å². The summed E-state index contributed by atoms with van der Waals surface area (Å²) in [6.45, 7) is 2.12. The van der Waals surface area contributed by atoms with Crippen molar-refractivity contribution in [3.63, 3.8) is 0 Å². The van der Waals surface area contributed by atoms with Crippen LogP contribution in [-0.4, -0.2) is 31.5 Å². The first-order chi connectivity index (χ1) is 9.63. The molecule has 1 fully saturated rings. The van der Waals surface area contributed by atoms with Crippen molar-refractivity contribution in [2.45, 2.75) is 50.8 Å². The molecule has 2 N–H and O–H groups in total. The molecule has 1 saturated carbocycles. The predicted octanol–water partition coefficient (Wildman–Crippen LogP) is 2.66. The van der Waals surface area contributed by atoms with Gasteiger partial charge in [0.25, 0.3) is 0 Å². The van der Waals surface area contributed by atoms with Crippen molar-refractivity contribution in [2.75, 3.05) is 14.2 Å². The van der Waals surface area contributed by atoms with Gasteiger partial charge in [0.1, 0.15) is 11.5 Å². The Morgan fingerprint density at radius 1 is 1.25 bits per heavy atom. The van der Waals surface area contributed by atoms with Crippen molar-refractivity contribution in [1.29, 1.82) is 0 Å². The summed E-state index contributed by atoms with van der Waals surface area (Å²) in [4.78, 5) is 0. The van der Waals surface area contributed by atoms with Crippen LogP contribution in [0.2, 0.25) is 0 Å². The number of aliphatic hydroxyl groups excluding tert-OH is 1. The monoisotopic (exact) mass is 279 g/mol. The Labute approximate surface area is 121 Å². The van der Waals surface area contributed by atoms with E-state index in [0.717, 1.165) is 42.7 Å². The Morgan fingerprint density at radius 2 is 2.05 bits per heavy atom. The fourth-order valence-electron chi connectivity index (χ4n) is 2.94. The number of aliphatic hydroxyl groups is 1. The fourth-order valence-corrected chi connectivity index (χ4v) is 2.94. The topological polar surface area (TPSA) is 50.7 Å². The molecular formula is C16H25NO3. The second-order valence-electron chi connectivity index (χ2n) is 5.51. The van der Waals surface area contributed by atoms with E-state index in [4.69, 9.17) is 9.47 Å². The lowest BCUT2D eigenvalue weighted by atomic mass is 9.92. The van der Waals surface area contributed by atoms with E-state index in [-0.39, 0.29) is 12.1 Å². The summed E-state index contributed by atoms with van der Waals surface area (Å²) in [6, 6.07) is 6.37. The van der Waals surface area contributed by atoms with Gasteiger partial charge in [-0.3, -0.25) is 0 Å². The first-order valence-corrected chi connectivity index (χ1v) is 7.30. The van der Waals surface area contributed by atoms with E-state index >= 15 is 0 Å². The molecule has 1 aromatic carbocycles. The lowest BCUT2D eigenvalue weighted by Crippen LogP contribution is -2.37. The first-order valence-electron chi connectivity index (χ1n) is 7.30. The molecule has 3 atom stereocenters. The quantitative estimate of drug-likeness (QED) is 0.870. The minimum atomic E-state index is -0.166. The summed E-state index contributed by atoms with van der Waals surface area (Å²) >= 11 is 0. The molecule has 1 aromatic rings. The van der Waals surface area contributed by atoms with Crippen LogP contribution >= 0.6 is 0 Å². The van der Waals surface area contributed by atoms with E-state index in [1.807, 2.05) is 18.2 Å². The van der Waals surface area contributed by atoms with Gasteiger partial charge in [-0.2, -0.15) is 0 Å². The summed E-state index contributed by atoms with van der Waals surface area (Å²) in [5.74, 6) is 1.69. The van der Waals surface area contributed by atoms with Crippen LogP contribution in [0.3, 0.4) is 0 Å². The second kappa shape index (κ2) is 6.95. The number of hydrogen-bond acceptors (Lipinski definition) is 4. The summed E-state index contributed by atoms with van der Waals surface area (Å²) < 4.78 is 10.7. The summed E-state index contributed by atoms with van der Waals surface area (Å²) in [5.41, 5.74) is 1.09. The zero-order valence-corrected chi connectivity index (χ0v) is 12.6. The molecule has 0 amide bonds. The van der Waals surface area contributed by atoms with Gasteiger partial charge < -0.3 is 19.9 Å². The van der Waals surface area contributed by atoms with E-state index in [2.05, 4.69) is 12.2 Å². The van der Waals surface area contributed by atoms with E-state index in [9.17, 15) is 5.11 Å². The van der Waals surface area contributed by atoms with Gasteiger partial charge in [0.2, 0.25) is 0 Å². The molecule has 1 aliphatic carbocycles. The molecule has 2 rings (SSSR count). The standard InChI is InChI=1S/C16H25NO3/c1-11(17-12-5-4-6-13(18)9-12)15-10-14(19-2)7-8-16(15)20-3/h7-8,10-13,17-18H,4-6,9H2,1-3H3. The summed E-state index contributed by atoms with van der Waals surface area (Å²) in [5, 5.41) is 13.4. The number of benzene rings is 1. The number of rotatable bonds is 5. The van der Waals surface area contributed by atoms with Crippen molar-refractivity contribution in [2.24, 2.45) is 0 Å². The minimum Gasteiger partial charge on any atom is -0.497 e. The molecule has 0 aliphatic heterocycles. The largest absolute Gasteiger partial charge is 0.497 e. The maximum Gasteiger partial charge on any atom is 0.123 e. The molecule has 0 saturated heterocycles. The first kappa shape index (κ1) is 15.1. The summed E-state index contributed by atoms with van der Waals surface area (Å²) in [6.07, 6.45) is 3.79. The van der Waals surface area contributed by atoms with Crippen LogP contribution in [0.5, 0.6) is 11.5 Å². The van der Waals surface area contributed by atoms with Crippen LogP contribution in [0.25, 0.3) is 0 Å². The highest BCUT2D eigenvalue weighted by Crippen LogP contribution is 2.30. The molecule has 0 bridgehead atoms. The van der Waals surface area contributed by atoms with E-state index in [1.54, 1.807) is 14.2 Å². The van der Waals surface area contributed by atoms with Crippen LogP contribution in [0.15, 0.2) is 18.2 Å². The molecule has 3 unspecified atom stereocenters. The maximum atomic E-state index is 9.76. The van der Waals surface area contributed by atoms with E-state index in [1.165, 1.54) is 0 Å². The SMILES string of the molecule is COc1ccc(OC)c(C(C)NC2CCCC(O)C2)c1. The van der Waals surface area contributed by atoms with Gasteiger partial charge in [0.15, 0.2) is 0 Å². The minimum absolute atomic E-state index is 0.162. The smallest absolute Gasteiger partial charge is 0.123 e. The Hall–Kier alpha value is -1.26.